The summed E-state index contributed by atoms with van der Waals surface area (Å²) in [6.45, 7) is 10.8. The highest BCUT2D eigenvalue weighted by Crippen LogP contribution is 2.34. The molecular formula is C28H36N4O3. The molecule has 1 aliphatic heterocycles. The van der Waals surface area contributed by atoms with Gasteiger partial charge in [-0.05, 0) is 48.2 Å². The predicted molar refractivity (Wildman–Crippen MR) is 139 cm³/mol. The van der Waals surface area contributed by atoms with E-state index in [4.69, 9.17) is 9.72 Å². The fraction of sp³-hybridized carbons (Fsp3) is 0.464. The first-order valence-corrected chi connectivity index (χ1v) is 12.4. The number of carbonyl (C=O) groups excluding carboxylic acids is 2. The average Bonchev–Trinajstić information content (AvgIpc) is 3.38. The van der Waals surface area contributed by atoms with Crippen LogP contribution in [-0.2, 0) is 16.1 Å². The van der Waals surface area contributed by atoms with Crippen LogP contribution >= 0.6 is 0 Å². The molecule has 0 aliphatic carbocycles. The molecule has 2 heterocycles. The second-order valence-corrected chi connectivity index (χ2v) is 10.2. The lowest BCUT2D eigenvalue weighted by atomic mass is 10.1. The van der Waals surface area contributed by atoms with Crippen LogP contribution in [0.5, 0.6) is 5.75 Å². The number of ether oxygens (including phenoxy) is 1. The monoisotopic (exact) mass is 476 g/mol. The van der Waals surface area contributed by atoms with E-state index >= 15 is 0 Å². The molecule has 1 aromatic heterocycles. The Bertz CT molecular complexity index is 1170. The largest absolute Gasteiger partial charge is 0.497 e. The zero-order valence-electron chi connectivity index (χ0n) is 21.4. The Morgan fingerprint density at radius 1 is 1.06 bits per heavy atom. The maximum Gasteiger partial charge on any atom is 0.242 e. The second-order valence-electron chi connectivity index (χ2n) is 10.2. The Kier molecular flexibility index (Phi) is 7.43. The topological polar surface area (TPSA) is 67.7 Å². The number of anilines is 1. The van der Waals surface area contributed by atoms with E-state index in [-0.39, 0.29) is 24.3 Å². The van der Waals surface area contributed by atoms with Gasteiger partial charge in [-0.25, -0.2) is 4.98 Å². The molecule has 1 aliphatic rings. The van der Waals surface area contributed by atoms with Gasteiger partial charge in [0, 0.05) is 37.7 Å². The van der Waals surface area contributed by atoms with Crippen LogP contribution in [0.15, 0.2) is 48.5 Å². The molecule has 3 aromatic rings. The number of rotatable bonds is 9. The Morgan fingerprint density at radius 2 is 1.71 bits per heavy atom. The summed E-state index contributed by atoms with van der Waals surface area (Å²) >= 11 is 0. The number of aromatic nitrogens is 2. The number of nitrogens with zero attached hydrogens (tertiary/aromatic N) is 4. The predicted octanol–water partition coefficient (Wildman–Crippen LogP) is 4.71. The van der Waals surface area contributed by atoms with Crippen LogP contribution in [-0.4, -0.2) is 53.0 Å². The Balaban J connectivity index is 1.63. The second kappa shape index (κ2) is 10.5. The van der Waals surface area contributed by atoms with Crippen molar-refractivity contribution in [3.8, 4) is 5.75 Å². The lowest BCUT2D eigenvalue weighted by molar-refractivity contribution is -0.132. The lowest BCUT2D eigenvalue weighted by Gasteiger charge is -2.27. The Morgan fingerprint density at radius 3 is 2.34 bits per heavy atom. The van der Waals surface area contributed by atoms with E-state index < -0.39 is 0 Å². The van der Waals surface area contributed by atoms with E-state index in [0.29, 0.717) is 24.8 Å². The molecule has 1 fully saturated rings. The normalized spacial score (nSPS) is 16.0. The third-order valence-electron chi connectivity index (χ3n) is 6.38. The first-order chi connectivity index (χ1) is 16.8. The molecule has 2 aromatic carbocycles. The summed E-state index contributed by atoms with van der Waals surface area (Å²) in [5.41, 5.74) is 2.63. The summed E-state index contributed by atoms with van der Waals surface area (Å²) < 4.78 is 7.28. The van der Waals surface area contributed by atoms with Gasteiger partial charge >= 0.3 is 0 Å². The van der Waals surface area contributed by atoms with Gasteiger partial charge in [0.05, 0.1) is 18.1 Å². The molecule has 0 radical (unpaired) electrons. The van der Waals surface area contributed by atoms with Gasteiger partial charge in [-0.3, -0.25) is 9.59 Å². The smallest absolute Gasteiger partial charge is 0.242 e. The summed E-state index contributed by atoms with van der Waals surface area (Å²) in [6.07, 6.45) is 0.366. The van der Waals surface area contributed by atoms with Crippen LogP contribution < -0.4 is 9.64 Å². The van der Waals surface area contributed by atoms with E-state index in [1.54, 1.807) is 12.0 Å². The number of benzene rings is 2. The van der Waals surface area contributed by atoms with Crippen molar-refractivity contribution in [1.29, 1.82) is 0 Å². The molecule has 7 nitrogen and oxygen atoms in total. The molecule has 0 saturated carbocycles. The summed E-state index contributed by atoms with van der Waals surface area (Å²) in [4.78, 5) is 35.2. The van der Waals surface area contributed by atoms with E-state index in [1.165, 1.54) is 0 Å². The quantitative estimate of drug-likeness (QED) is 0.449. The molecular weight excluding hydrogens is 440 g/mol. The van der Waals surface area contributed by atoms with Gasteiger partial charge < -0.3 is 19.1 Å². The minimum absolute atomic E-state index is 0.0614. The number of fused-ring (bicyclic) bond motifs is 1. The van der Waals surface area contributed by atoms with Crippen molar-refractivity contribution in [2.75, 3.05) is 31.6 Å². The fourth-order valence-corrected chi connectivity index (χ4v) is 4.86. The first kappa shape index (κ1) is 24.8. The number of amides is 2. The number of para-hydroxylation sites is 2. The van der Waals surface area contributed by atoms with Crippen LogP contribution in [0.4, 0.5) is 5.69 Å². The molecule has 0 N–H and O–H groups in total. The van der Waals surface area contributed by atoms with E-state index in [2.05, 4.69) is 27.7 Å². The maximum atomic E-state index is 13.5. The zero-order valence-corrected chi connectivity index (χ0v) is 21.4. The highest BCUT2D eigenvalue weighted by atomic mass is 16.5. The molecule has 35 heavy (non-hydrogen) atoms. The molecule has 7 heteroatoms. The highest BCUT2D eigenvalue weighted by molar-refractivity contribution is 5.96. The van der Waals surface area contributed by atoms with Gasteiger partial charge in [0.25, 0.3) is 0 Å². The van der Waals surface area contributed by atoms with E-state index in [0.717, 1.165) is 41.4 Å². The number of methoxy groups -OCH3 is 1. The van der Waals surface area contributed by atoms with Gasteiger partial charge in [0.15, 0.2) is 0 Å². The molecule has 1 atom stereocenters. The summed E-state index contributed by atoms with van der Waals surface area (Å²) in [5.74, 6) is 2.40. The van der Waals surface area contributed by atoms with Gasteiger partial charge in [-0.15, -0.1) is 0 Å². The average molecular weight is 477 g/mol. The molecule has 1 saturated heterocycles. The zero-order chi connectivity index (χ0) is 25.1. The molecule has 0 spiro atoms. The summed E-state index contributed by atoms with van der Waals surface area (Å²) in [5, 5.41) is 0. The highest BCUT2D eigenvalue weighted by Gasteiger charge is 2.35. The van der Waals surface area contributed by atoms with Crippen molar-refractivity contribution in [3.05, 3.63) is 54.4 Å². The van der Waals surface area contributed by atoms with Crippen LogP contribution in [0.3, 0.4) is 0 Å². The van der Waals surface area contributed by atoms with Crippen molar-refractivity contribution in [3.63, 3.8) is 0 Å². The van der Waals surface area contributed by atoms with Gasteiger partial charge in [-0.2, -0.15) is 0 Å². The maximum absolute atomic E-state index is 13.5. The van der Waals surface area contributed by atoms with Crippen LogP contribution in [0.25, 0.3) is 11.0 Å². The van der Waals surface area contributed by atoms with Gasteiger partial charge in [-0.1, -0.05) is 39.8 Å². The van der Waals surface area contributed by atoms with E-state index in [9.17, 15) is 9.59 Å². The molecule has 0 bridgehead atoms. The molecule has 186 valence electrons. The number of carbonyl (C=O) groups is 2. The lowest BCUT2D eigenvalue weighted by Crippen LogP contribution is -2.39. The number of hydrogen-bond donors (Lipinski definition) is 0. The van der Waals surface area contributed by atoms with Crippen LogP contribution in [0.2, 0.25) is 0 Å². The van der Waals surface area contributed by atoms with E-state index in [1.807, 2.05) is 58.0 Å². The number of imidazole rings is 1. The fourth-order valence-electron chi connectivity index (χ4n) is 4.86. The molecule has 0 unspecified atom stereocenters. The standard InChI is InChI=1S/C28H36N4O3/c1-19(2)15-30(16-20(3)4)27(34)18-32-25-9-7-6-8-24(25)29-28(32)21-14-26(33)31(17-21)22-10-12-23(35-5)13-11-22/h6-13,19-21H,14-18H2,1-5H3/t21-/m1/s1. The third kappa shape index (κ3) is 5.50. The van der Waals surface area contributed by atoms with Crippen molar-refractivity contribution in [1.82, 2.24) is 14.5 Å². The summed E-state index contributed by atoms with van der Waals surface area (Å²) in [6, 6.07) is 15.4. The number of hydrogen-bond acceptors (Lipinski definition) is 4. The van der Waals surface area contributed by atoms with Crippen molar-refractivity contribution >= 4 is 28.5 Å². The minimum atomic E-state index is -0.0894. The first-order valence-electron chi connectivity index (χ1n) is 12.4. The molecule has 2 amide bonds. The Hall–Kier alpha value is -3.35. The van der Waals surface area contributed by atoms with Crippen molar-refractivity contribution in [2.24, 2.45) is 11.8 Å². The SMILES string of the molecule is COc1ccc(N2C[C@H](c3nc4ccccc4n3CC(=O)N(CC(C)C)CC(C)C)CC2=O)cc1. The van der Waals surface area contributed by atoms with Gasteiger partial charge in [0.1, 0.15) is 18.1 Å². The minimum Gasteiger partial charge on any atom is -0.497 e. The van der Waals surface area contributed by atoms with Crippen molar-refractivity contribution in [2.45, 2.75) is 46.6 Å². The van der Waals surface area contributed by atoms with Crippen LogP contribution in [0.1, 0.15) is 45.9 Å². The third-order valence-corrected chi connectivity index (χ3v) is 6.38. The van der Waals surface area contributed by atoms with Crippen LogP contribution in [0, 0.1) is 11.8 Å². The molecule has 4 rings (SSSR count). The van der Waals surface area contributed by atoms with Crippen molar-refractivity contribution < 1.29 is 14.3 Å². The summed E-state index contributed by atoms with van der Waals surface area (Å²) in [7, 11) is 1.63. The Labute approximate surface area is 207 Å². The van der Waals surface area contributed by atoms with Gasteiger partial charge in [0.2, 0.25) is 11.8 Å².